The van der Waals surface area contributed by atoms with Gasteiger partial charge in [-0.15, -0.1) is 11.3 Å². The van der Waals surface area contributed by atoms with E-state index in [4.69, 9.17) is 0 Å². The fourth-order valence-corrected chi connectivity index (χ4v) is 1.82. The number of aromatic nitrogens is 1. The number of hydrogen-bond donors (Lipinski definition) is 0. The van der Waals surface area contributed by atoms with Gasteiger partial charge in [-0.25, -0.2) is 4.98 Å². The van der Waals surface area contributed by atoms with Crippen molar-refractivity contribution in [1.29, 1.82) is 0 Å². The fourth-order valence-electron chi connectivity index (χ4n) is 0.563. The molecule has 1 aromatic heterocycles. The van der Waals surface area contributed by atoms with Gasteiger partial charge < -0.3 is 4.90 Å². The summed E-state index contributed by atoms with van der Waals surface area (Å²) in [5.74, 6) is 0. The van der Waals surface area contributed by atoms with E-state index in [-0.39, 0.29) is 0 Å². The molecule has 0 aliphatic carbocycles. The predicted molar refractivity (Wildman–Crippen MR) is 49.1 cm³/mol. The Labute approximate surface area is 73.0 Å². The normalized spacial score (nSPS) is 9.90. The molecule has 0 N–H and O–H groups in total. The number of halogens is 1. The van der Waals surface area contributed by atoms with Crippen LogP contribution in [0.1, 0.15) is 5.69 Å². The van der Waals surface area contributed by atoms with Crippen LogP contribution in [0.3, 0.4) is 0 Å². The van der Waals surface area contributed by atoms with Gasteiger partial charge in [0.1, 0.15) is 0 Å². The third kappa shape index (κ3) is 1.70. The molecule has 10 heavy (non-hydrogen) atoms. The van der Waals surface area contributed by atoms with Gasteiger partial charge in [-0.1, -0.05) is 15.9 Å². The van der Waals surface area contributed by atoms with E-state index in [1.165, 1.54) is 0 Å². The molecule has 0 saturated carbocycles. The highest BCUT2D eigenvalue weighted by atomic mass is 79.9. The number of rotatable bonds is 2. The maximum Gasteiger partial charge on any atom is 0.185 e. The molecule has 1 heterocycles. The summed E-state index contributed by atoms with van der Waals surface area (Å²) >= 11 is 5.01. The van der Waals surface area contributed by atoms with Crippen LogP contribution in [0, 0.1) is 0 Å². The van der Waals surface area contributed by atoms with Crippen LogP contribution in [-0.4, -0.2) is 19.1 Å². The maximum absolute atomic E-state index is 4.33. The average molecular weight is 221 g/mol. The molecule has 0 aliphatic heterocycles. The standard InChI is InChI=1S/C6H9BrN2S/c1-9(2)6-8-5(3-7)4-10-6/h4H,3H2,1-2H3. The number of alkyl halides is 1. The largest absolute Gasteiger partial charge is 0.354 e. The van der Waals surface area contributed by atoms with E-state index in [1.807, 2.05) is 19.0 Å². The second-order valence-corrected chi connectivity index (χ2v) is 3.55. The van der Waals surface area contributed by atoms with Crippen LogP contribution in [0.2, 0.25) is 0 Å². The van der Waals surface area contributed by atoms with E-state index in [9.17, 15) is 0 Å². The molecule has 1 rings (SSSR count). The molecule has 0 aliphatic rings. The minimum absolute atomic E-state index is 0.845. The molecule has 2 nitrogen and oxygen atoms in total. The molecular formula is C6H9BrN2S. The lowest BCUT2D eigenvalue weighted by Gasteiger charge is -2.04. The number of thiazole rings is 1. The number of hydrogen-bond acceptors (Lipinski definition) is 3. The van der Waals surface area contributed by atoms with Gasteiger partial charge in [0, 0.05) is 24.8 Å². The highest BCUT2D eigenvalue weighted by molar-refractivity contribution is 9.08. The Morgan fingerprint density at radius 3 is 2.70 bits per heavy atom. The summed E-state index contributed by atoms with van der Waals surface area (Å²) in [6, 6.07) is 0. The van der Waals surface area contributed by atoms with E-state index in [2.05, 4.69) is 26.3 Å². The monoisotopic (exact) mass is 220 g/mol. The Morgan fingerprint density at radius 1 is 1.70 bits per heavy atom. The first-order valence-electron chi connectivity index (χ1n) is 2.91. The van der Waals surface area contributed by atoms with Crippen LogP contribution in [0.15, 0.2) is 5.38 Å². The highest BCUT2D eigenvalue weighted by Crippen LogP contribution is 2.18. The van der Waals surface area contributed by atoms with Crippen molar-refractivity contribution in [1.82, 2.24) is 4.98 Å². The van der Waals surface area contributed by atoms with Crippen LogP contribution >= 0.6 is 27.3 Å². The quantitative estimate of drug-likeness (QED) is 0.711. The molecule has 0 fully saturated rings. The lowest BCUT2D eigenvalue weighted by atomic mass is 10.6. The molecule has 4 heteroatoms. The molecule has 0 bridgehead atoms. The van der Waals surface area contributed by atoms with Crippen molar-refractivity contribution in [2.24, 2.45) is 0 Å². The number of nitrogens with zero attached hydrogens (tertiary/aromatic N) is 2. The summed E-state index contributed by atoms with van der Waals surface area (Å²) in [6.07, 6.45) is 0. The highest BCUT2D eigenvalue weighted by Gasteiger charge is 2.00. The van der Waals surface area contributed by atoms with Crippen molar-refractivity contribution >= 4 is 32.4 Å². The van der Waals surface area contributed by atoms with Crippen LogP contribution < -0.4 is 4.90 Å². The van der Waals surface area contributed by atoms with Gasteiger partial charge in [0.25, 0.3) is 0 Å². The molecule has 0 unspecified atom stereocenters. The van der Waals surface area contributed by atoms with Crippen molar-refractivity contribution < 1.29 is 0 Å². The molecule has 0 aromatic carbocycles. The third-order valence-electron chi connectivity index (χ3n) is 1.06. The maximum atomic E-state index is 4.33. The van der Waals surface area contributed by atoms with E-state index in [0.717, 1.165) is 16.2 Å². The molecule has 56 valence electrons. The predicted octanol–water partition coefficient (Wildman–Crippen LogP) is 2.10. The first-order valence-corrected chi connectivity index (χ1v) is 4.92. The zero-order chi connectivity index (χ0) is 7.56. The summed E-state index contributed by atoms with van der Waals surface area (Å²) in [7, 11) is 3.99. The zero-order valence-corrected chi connectivity index (χ0v) is 8.37. The SMILES string of the molecule is CN(C)c1nc(CBr)cs1. The van der Waals surface area contributed by atoms with Crippen molar-refractivity contribution in [2.75, 3.05) is 19.0 Å². The Morgan fingerprint density at radius 2 is 2.40 bits per heavy atom. The molecule has 0 radical (unpaired) electrons. The average Bonchev–Trinajstić information content (AvgIpc) is 2.34. The van der Waals surface area contributed by atoms with Gasteiger partial charge in [-0.05, 0) is 0 Å². The molecule has 1 aromatic rings. The Hall–Kier alpha value is -0.0900. The lowest BCUT2D eigenvalue weighted by Crippen LogP contribution is -2.07. The molecule has 0 spiro atoms. The molecule has 0 atom stereocenters. The second kappa shape index (κ2) is 3.34. The van der Waals surface area contributed by atoms with Gasteiger partial charge in [0.2, 0.25) is 0 Å². The smallest absolute Gasteiger partial charge is 0.185 e. The van der Waals surface area contributed by atoms with Gasteiger partial charge >= 0.3 is 0 Å². The first kappa shape index (κ1) is 8.01. The first-order chi connectivity index (χ1) is 4.74. The Balaban J connectivity index is 2.78. The van der Waals surface area contributed by atoms with Crippen LogP contribution in [0.25, 0.3) is 0 Å². The Kier molecular flexibility index (Phi) is 2.68. The third-order valence-corrected chi connectivity index (χ3v) is 2.69. The summed E-state index contributed by atoms with van der Waals surface area (Å²) in [6.45, 7) is 0. The van der Waals surface area contributed by atoms with Gasteiger partial charge in [0.15, 0.2) is 5.13 Å². The van der Waals surface area contributed by atoms with Crippen LogP contribution in [0.5, 0.6) is 0 Å². The van der Waals surface area contributed by atoms with Crippen LogP contribution in [-0.2, 0) is 5.33 Å². The minimum Gasteiger partial charge on any atom is -0.354 e. The Bertz CT molecular complexity index is 209. The summed E-state index contributed by atoms with van der Waals surface area (Å²) in [4.78, 5) is 6.34. The van der Waals surface area contributed by atoms with Crippen LogP contribution in [0.4, 0.5) is 5.13 Å². The molecule has 0 amide bonds. The second-order valence-electron chi connectivity index (χ2n) is 2.15. The topological polar surface area (TPSA) is 16.1 Å². The van der Waals surface area contributed by atoms with E-state index in [1.54, 1.807) is 11.3 Å². The van der Waals surface area contributed by atoms with Gasteiger partial charge in [-0.2, -0.15) is 0 Å². The van der Waals surface area contributed by atoms with Crippen molar-refractivity contribution in [3.63, 3.8) is 0 Å². The van der Waals surface area contributed by atoms with E-state index < -0.39 is 0 Å². The van der Waals surface area contributed by atoms with Gasteiger partial charge in [-0.3, -0.25) is 0 Å². The lowest BCUT2D eigenvalue weighted by molar-refractivity contribution is 1.08. The van der Waals surface area contributed by atoms with Crippen molar-refractivity contribution in [3.8, 4) is 0 Å². The van der Waals surface area contributed by atoms with Crippen molar-refractivity contribution in [2.45, 2.75) is 5.33 Å². The molecular weight excluding hydrogens is 212 g/mol. The van der Waals surface area contributed by atoms with E-state index >= 15 is 0 Å². The number of anilines is 1. The summed E-state index contributed by atoms with van der Waals surface area (Å²) in [5.41, 5.74) is 1.11. The van der Waals surface area contributed by atoms with E-state index in [0.29, 0.717) is 0 Å². The summed E-state index contributed by atoms with van der Waals surface area (Å²) in [5, 5.41) is 3.97. The van der Waals surface area contributed by atoms with Gasteiger partial charge in [0.05, 0.1) is 5.69 Å². The minimum atomic E-state index is 0.845. The van der Waals surface area contributed by atoms with Crippen molar-refractivity contribution in [3.05, 3.63) is 11.1 Å². The zero-order valence-electron chi connectivity index (χ0n) is 5.97. The fraction of sp³-hybridized carbons (Fsp3) is 0.500. The molecule has 0 saturated heterocycles. The summed E-state index contributed by atoms with van der Waals surface area (Å²) < 4.78 is 0.